The Morgan fingerprint density at radius 2 is 2.12 bits per heavy atom. The van der Waals surface area contributed by atoms with E-state index in [4.69, 9.17) is 4.74 Å². The molecule has 0 aromatic heterocycles. The van der Waals surface area contributed by atoms with E-state index in [-0.39, 0.29) is 5.60 Å². The van der Waals surface area contributed by atoms with Gasteiger partial charge in [0.05, 0.1) is 11.7 Å². The van der Waals surface area contributed by atoms with Crippen LogP contribution in [-0.4, -0.2) is 11.7 Å². The highest BCUT2D eigenvalue weighted by Gasteiger charge is 2.26. The first-order valence-corrected chi connectivity index (χ1v) is 6.55. The molecule has 0 saturated carbocycles. The standard InChI is InChI=1S/C15H26O/c1-5-6-7-8-9-13(2)12-14-10-11-15(3,4)16-14/h7-8,10-11,13-14H,5-6,9,12H2,1-4H3. The highest BCUT2D eigenvalue weighted by atomic mass is 16.5. The van der Waals surface area contributed by atoms with Crippen molar-refractivity contribution < 1.29 is 4.74 Å². The molecule has 1 aliphatic rings. The van der Waals surface area contributed by atoms with Gasteiger partial charge in [0.25, 0.3) is 0 Å². The van der Waals surface area contributed by atoms with E-state index in [9.17, 15) is 0 Å². The Hall–Kier alpha value is -0.560. The molecule has 16 heavy (non-hydrogen) atoms. The molecule has 0 radical (unpaired) electrons. The molecule has 0 N–H and O–H groups in total. The van der Waals surface area contributed by atoms with Crippen LogP contribution in [0.5, 0.6) is 0 Å². The smallest absolute Gasteiger partial charge is 0.0815 e. The molecule has 1 aliphatic heterocycles. The minimum absolute atomic E-state index is 0.0531. The third kappa shape index (κ3) is 4.98. The topological polar surface area (TPSA) is 9.23 Å². The lowest BCUT2D eigenvalue weighted by molar-refractivity contribution is -0.00723. The van der Waals surface area contributed by atoms with Crippen molar-refractivity contribution in [3.05, 3.63) is 24.3 Å². The predicted octanol–water partition coefficient (Wildman–Crippen LogP) is 4.49. The molecule has 0 aromatic rings. The number of allylic oxidation sites excluding steroid dienone is 2. The van der Waals surface area contributed by atoms with Gasteiger partial charge in [0, 0.05) is 0 Å². The lowest BCUT2D eigenvalue weighted by Gasteiger charge is -2.21. The molecule has 0 fully saturated rings. The van der Waals surface area contributed by atoms with E-state index >= 15 is 0 Å². The molecule has 0 saturated heterocycles. The van der Waals surface area contributed by atoms with Crippen LogP contribution in [0.4, 0.5) is 0 Å². The van der Waals surface area contributed by atoms with Crippen molar-refractivity contribution in [2.75, 3.05) is 0 Å². The van der Waals surface area contributed by atoms with E-state index in [2.05, 4.69) is 52.0 Å². The summed E-state index contributed by atoms with van der Waals surface area (Å²) in [6.07, 6.45) is 14.1. The van der Waals surface area contributed by atoms with Crippen LogP contribution >= 0.6 is 0 Å². The van der Waals surface area contributed by atoms with Crippen LogP contribution in [0.15, 0.2) is 24.3 Å². The summed E-state index contributed by atoms with van der Waals surface area (Å²) in [6.45, 7) is 8.76. The van der Waals surface area contributed by atoms with E-state index in [1.807, 2.05) is 0 Å². The SMILES string of the molecule is CCCC=CCC(C)CC1C=CC(C)(C)O1. The van der Waals surface area contributed by atoms with Gasteiger partial charge in [-0.3, -0.25) is 0 Å². The molecule has 1 rings (SSSR count). The molecule has 2 unspecified atom stereocenters. The highest BCUT2D eigenvalue weighted by molar-refractivity contribution is 5.08. The number of rotatable bonds is 6. The lowest BCUT2D eigenvalue weighted by atomic mass is 9.99. The van der Waals surface area contributed by atoms with Gasteiger partial charge in [-0.15, -0.1) is 0 Å². The van der Waals surface area contributed by atoms with Gasteiger partial charge in [0.15, 0.2) is 0 Å². The van der Waals surface area contributed by atoms with Gasteiger partial charge in [-0.2, -0.15) is 0 Å². The van der Waals surface area contributed by atoms with Crippen LogP contribution < -0.4 is 0 Å². The maximum Gasteiger partial charge on any atom is 0.0815 e. The summed E-state index contributed by atoms with van der Waals surface area (Å²) in [5, 5.41) is 0. The van der Waals surface area contributed by atoms with Gasteiger partial charge in [0.2, 0.25) is 0 Å². The molecule has 0 bridgehead atoms. The molecule has 92 valence electrons. The van der Waals surface area contributed by atoms with Gasteiger partial charge in [-0.1, -0.05) is 44.6 Å². The normalized spacial score (nSPS) is 25.4. The Balaban J connectivity index is 2.20. The molecular formula is C15H26O. The summed E-state index contributed by atoms with van der Waals surface area (Å²) >= 11 is 0. The predicted molar refractivity (Wildman–Crippen MR) is 70.5 cm³/mol. The van der Waals surface area contributed by atoms with Crippen molar-refractivity contribution in [2.45, 2.75) is 65.1 Å². The summed E-state index contributed by atoms with van der Waals surface area (Å²) in [5.41, 5.74) is -0.0531. The van der Waals surface area contributed by atoms with Crippen LogP contribution in [0.3, 0.4) is 0 Å². The van der Waals surface area contributed by atoms with Crippen molar-refractivity contribution in [1.29, 1.82) is 0 Å². The fraction of sp³-hybridized carbons (Fsp3) is 0.733. The number of ether oxygens (including phenoxy) is 1. The molecule has 1 heterocycles. The average molecular weight is 222 g/mol. The van der Waals surface area contributed by atoms with Crippen LogP contribution in [0, 0.1) is 5.92 Å². The van der Waals surface area contributed by atoms with E-state index < -0.39 is 0 Å². The first kappa shape index (κ1) is 13.5. The van der Waals surface area contributed by atoms with Crippen LogP contribution in [0.2, 0.25) is 0 Å². The molecular weight excluding hydrogens is 196 g/mol. The first-order chi connectivity index (χ1) is 7.53. The van der Waals surface area contributed by atoms with Crippen LogP contribution in [0.25, 0.3) is 0 Å². The summed E-state index contributed by atoms with van der Waals surface area (Å²) in [5.74, 6) is 0.705. The van der Waals surface area contributed by atoms with Crippen molar-refractivity contribution in [1.82, 2.24) is 0 Å². The first-order valence-electron chi connectivity index (χ1n) is 6.55. The van der Waals surface area contributed by atoms with Crippen molar-refractivity contribution in [3.63, 3.8) is 0 Å². The Kier molecular flexibility index (Phi) is 5.27. The Morgan fingerprint density at radius 3 is 2.69 bits per heavy atom. The zero-order chi connectivity index (χ0) is 12.0. The lowest BCUT2D eigenvalue weighted by Crippen LogP contribution is -2.22. The maximum atomic E-state index is 5.91. The van der Waals surface area contributed by atoms with Crippen molar-refractivity contribution in [3.8, 4) is 0 Å². The quantitative estimate of drug-likeness (QED) is 0.602. The average Bonchev–Trinajstić information content (AvgIpc) is 2.53. The maximum absolute atomic E-state index is 5.91. The highest BCUT2D eigenvalue weighted by Crippen LogP contribution is 2.26. The minimum atomic E-state index is -0.0531. The minimum Gasteiger partial charge on any atom is -0.364 e. The van der Waals surface area contributed by atoms with Gasteiger partial charge in [-0.25, -0.2) is 0 Å². The summed E-state index contributed by atoms with van der Waals surface area (Å²) < 4.78 is 5.91. The fourth-order valence-corrected chi connectivity index (χ4v) is 2.04. The van der Waals surface area contributed by atoms with Gasteiger partial charge >= 0.3 is 0 Å². The van der Waals surface area contributed by atoms with Gasteiger partial charge in [-0.05, 0) is 39.0 Å². The summed E-state index contributed by atoms with van der Waals surface area (Å²) in [6, 6.07) is 0. The number of unbranched alkanes of at least 4 members (excludes halogenated alkanes) is 1. The van der Waals surface area contributed by atoms with E-state index in [1.165, 1.54) is 19.3 Å². The largest absolute Gasteiger partial charge is 0.364 e. The zero-order valence-electron chi connectivity index (χ0n) is 11.2. The number of hydrogen-bond acceptors (Lipinski definition) is 1. The van der Waals surface area contributed by atoms with E-state index in [1.54, 1.807) is 0 Å². The third-order valence-corrected chi connectivity index (χ3v) is 2.96. The van der Waals surface area contributed by atoms with Gasteiger partial charge in [0.1, 0.15) is 0 Å². The van der Waals surface area contributed by atoms with Crippen LogP contribution in [0.1, 0.15) is 53.4 Å². The second kappa shape index (κ2) is 6.24. The van der Waals surface area contributed by atoms with Crippen molar-refractivity contribution >= 4 is 0 Å². The second-order valence-corrected chi connectivity index (χ2v) is 5.46. The molecule has 0 amide bonds. The van der Waals surface area contributed by atoms with Gasteiger partial charge < -0.3 is 4.74 Å². The molecule has 1 nitrogen and oxygen atoms in total. The summed E-state index contributed by atoms with van der Waals surface area (Å²) in [4.78, 5) is 0. The Morgan fingerprint density at radius 1 is 1.38 bits per heavy atom. The third-order valence-electron chi connectivity index (χ3n) is 2.96. The Labute approximate surface area is 101 Å². The van der Waals surface area contributed by atoms with Crippen molar-refractivity contribution in [2.24, 2.45) is 5.92 Å². The molecule has 0 aliphatic carbocycles. The zero-order valence-corrected chi connectivity index (χ0v) is 11.2. The Bertz CT molecular complexity index is 250. The monoisotopic (exact) mass is 222 g/mol. The van der Waals surface area contributed by atoms with E-state index in [0.717, 1.165) is 6.42 Å². The van der Waals surface area contributed by atoms with E-state index in [0.29, 0.717) is 12.0 Å². The fourth-order valence-electron chi connectivity index (χ4n) is 2.04. The molecule has 2 atom stereocenters. The molecule has 0 aromatic carbocycles. The molecule has 0 spiro atoms. The molecule has 1 heteroatoms. The number of hydrogen-bond donors (Lipinski definition) is 0. The second-order valence-electron chi connectivity index (χ2n) is 5.46. The van der Waals surface area contributed by atoms with Crippen LogP contribution in [-0.2, 0) is 4.74 Å². The summed E-state index contributed by atoms with van der Waals surface area (Å²) in [7, 11) is 0.